The molecule has 0 unspecified atom stereocenters. The minimum absolute atomic E-state index is 0.131. The number of sulfonamides is 1. The van der Waals surface area contributed by atoms with Crippen molar-refractivity contribution in [3.63, 3.8) is 0 Å². The normalized spacial score (nSPS) is 15.5. The monoisotopic (exact) mass is 417 g/mol. The van der Waals surface area contributed by atoms with E-state index in [9.17, 15) is 13.2 Å². The lowest BCUT2D eigenvalue weighted by molar-refractivity contribution is 0.0450. The van der Waals surface area contributed by atoms with Crippen LogP contribution >= 0.6 is 0 Å². The molecule has 6 nitrogen and oxygen atoms in total. The molecule has 0 N–H and O–H groups in total. The van der Waals surface area contributed by atoms with Crippen molar-refractivity contribution in [1.29, 1.82) is 0 Å². The van der Waals surface area contributed by atoms with Crippen LogP contribution in [-0.4, -0.2) is 39.9 Å². The topological polar surface area (TPSA) is 72.9 Å². The molecule has 1 aliphatic rings. The van der Waals surface area contributed by atoms with Gasteiger partial charge in [0.1, 0.15) is 19.0 Å². The Labute approximate surface area is 172 Å². The Hall–Kier alpha value is -2.54. The van der Waals surface area contributed by atoms with Gasteiger partial charge < -0.3 is 9.47 Å². The maximum Gasteiger partial charge on any atom is 0.338 e. The largest absolute Gasteiger partial charge is 0.490 e. The fraction of sp³-hybridized carbons (Fsp3) is 0.409. The summed E-state index contributed by atoms with van der Waals surface area (Å²) in [6, 6.07) is 12.4. The first-order valence-corrected chi connectivity index (χ1v) is 11.4. The molecule has 1 fully saturated rings. The van der Waals surface area contributed by atoms with Gasteiger partial charge in [-0.3, -0.25) is 4.31 Å². The molecule has 0 atom stereocenters. The van der Waals surface area contributed by atoms with Gasteiger partial charge in [-0.25, -0.2) is 13.2 Å². The Morgan fingerprint density at radius 3 is 2.41 bits per heavy atom. The summed E-state index contributed by atoms with van der Waals surface area (Å²) in [5.41, 5.74) is 3.41. The van der Waals surface area contributed by atoms with Crippen molar-refractivity contribution < 1.29 is 22.7 Å². The van der Waals surface area contributed by atoms with Crippen LogP contribution in [0.2, 0.25) is 0 Å². The van der Waals surface area contributed by atoms with Crippen LogP contribution in [0.3, 0.4) is 0 Å². The zero-order valence-corrected chi connectivity index (χ0v) is 17.9. The van der Waals surface area contributed by atoms with Crippen LogP contribution in [-0.2, 0) is 14.8 Å². The molecule has 1 saturated heterocycles. The van der Waals surface area contributed by atoms with Crippen LogP contribution in [0.15, 0.2) is 42.5 Å². The number of anilines is 1. The maximum absolute atomic E-state index is 12.2. The summed E-state index contributed by atoms with van der Waals surface area (Å²) in [7, 11) is -3.23. The summed E-state index contributed by atoms with van der Waals surface area (Å²) in [5, 5.41) is 0. The number of benzene rings is 2. The second-order valence-electron chi connectivity index (χ2n) is 7.45. The molecule has 0 aromatic heterocycles. The zero-order valence-electron chi connectivity index (χ0n) is 17.1. The van der Waals surface area contributed by atoms with Crippen LogP contribution in [0.25, 0.3) is 0 Å². The number of rotatable bonds is 7. The number of carbonyl (C=O) groups is 1. The van der Waals surface area contributed by atoms with Crippen LogP contribution in [0, 0.1) is 6.92 Å². The molecule has 0 spiro atoms. The first-order valence-electron chi connectivity index (χ1n) is 9.79. The Bertz CT molecular complexity index is 967. The van der Waals surface area contributed by atoms with Crippen molar-refractivity contribution in [2.75, 3.05) is 29.8 Å². The van der Waals surface area contributed by atoms with Gasteiger partial charge in [-0.15, -0.1) is 0 Å². The van der Waals surface area contributed by atoms with Gasteiger partial charge in [-0.1, -0.05) is 19.9 Å². The smallest absolute Gasteiger partial charge is 0.338 e. The summed E-state index contributed by atoms with van der Waals surface area (Å²) < 4.78 is 36.2. The van der Waals surface area contributed by atoms with Crippen molar-refractivity contribution in [2.45, 2.75) is 33.1 Å². The second-order valence-corrected chi connectivity index (χ2v) is 9.46. The predicted molar refractivity (Wildman–Crippen MR) is 113 cm³/mol. The highest BCUT2D eigenvalue weighted by atomic mass is 32.2. The lowest BCUT2D eigenvalue weighted by Gasteiger charge is -2.17. The van der Waals surface area contributed by atoms with Crippen molar-refractivity contribution in [3.8, 4) is 5.75 Å². The number of nitrogens with zero attached hydrogens (tertiary/aromatic N) is 1. The third-order valence-corrected chi connectivity index (χ3v) is 6.81. The first-order chi connectivity index (χ1) is 13.8. The number of aryl methyl sites for hydroxylation is 1. The van der Waals surface area contributed by atoms with E-state index in [-0.39, 0.29) is 19.0 Å². The highest BCUT2D eigenvalue weighted by Crippen LogP contribution is 2.25. The standard InChI is InChI=1S/C22H27NO5S/c1-16(2)21-10-9-20(15-17(21)3)27-12-13-28-22(24)18-5-7-19(8-6-18)23-11-4-14-29(23,25)26/h5-10,15-16H,4,11-14H2,1-3H3. The molecule has 3 rings (SSSR count). The average molecular weight is 418 g/mol. The Kier molecular flexibility index (Phi) is 6.47. The van der Waals surface area contributed by atoms with E-state index in [1.54, 1.807) is 24.3 Å². The highest BCUT2D eigenvalue weighted by molar-refractivity contribution is 7.93. The van der Waals surface area contributed by atoms with E-state index < -0.39 is 16.0 Å². The molecule has 7 heteroatoms. The van der Waals surface area contributed by atoms with Gasteiger partial charge in [0.2, 0.25) is 10.0 Å². The van der Waals surface area contributed by atoms with Gasteiger partial charge in [0, 0.05) is 6.54 Å². The van der Waals surface area contributed by atoms with Gasteiger partial charge in [0.25, 0.3) is 0 Å². The number of ether oxygens (including phenoxy) is 2. The van der Waals surface area contributed by atoms with Crippen molar-refractivity contribution >= 4 is 21.7 Å². The average Bonchev–Trinajstić information content (AvgIpc) is 3.04. The molecule has 29 heavy (non-hydrogen) atoms. The molecule has 1 aliphatic heterocycles. The van der Waals surface area contributed by atoms with E-state index in [2.05, 4.69) is 26.8 Å². The highest BCUT2D eigenvalue weighted by Gasteiger charge is 2.28. The number of carbonyl (C=O) groups excluding carboxylic acids is 1. The summed E-state index contributed by atoms with van der Waals surface area (Å²) in [4.78, 5) is 12.2. The lowest BCUT2D eigenvalue weighted by atomic mass is 9.98. The van der Waals surface area contributed by atoms with E-state index in [0.717, 1.165) is 5.75 Å². The van der Waals surface area contributed by atoms with Gasteiger partial charge in [0.05, 0.1) is 17.0 Å². The van der Waals surface area contributed by atoms with Crippen LogP contribution < -0.4 is 9.04 Å². The quantitative estimate of drug-likeness (QED) is 0.505. The van der Waals surface area contributed by atoms with E-state index >= 15 is 0 Å². The summed E-state index contributed by atoms with van der Waals surface area (Å²) in [5.74, 6) is 0.910. The summed E-state index contributed by atoms with van der Waals surface area (Å²) in [6.45, 7) is 7.22. The van der Waals surface area contributed by atoms with Crippen LogP contribution in [0.5, 0.6) is 5.75 Å². The summed E-state index contributed by atoms with van der Waals surface area (Å²) in [6.07, 6.45) is 0.617. The number of esters is 1. The lowest BCUT2D eigenvalue weighted by Crippen LogP contribution is -2.25. The summed E-state index contributed by atoms with van der Waals surface area (Å²) >= 11 is 0. The van der Waals surface area contributed by atoms with E-state index in [4.69, 9.17) is 9.47 Å². The molecule has 0 aliphatic carbocycles. The van der Waals surface area contributed by atoms with E-state index in [1.807, 2.05) is 12.1 Å². The maximum atomic E-state index is 12.2. The van der Waals surface area contributed by atoms with Crippen LogP contribution in [0.1, 0.15) is 47.7 Å². The third kappa shape index (κ3) is 5.09. The third-order valence-electron chi connectivity index (χ3n) is 4.94. The van der Waals surface area contributed by atoms with E-state index in [1.165, 1.54) is 15.4 Å². The molecule has 156 valence electrons. The predicted octanol–water partition coefficient (Wildman–Crippen LogP) is 3.89. The fourth-order valence-electron chi connectivity index (χ4n) is 3.46. The van der Waals surface area contributed by atoms with Crippen molar-refractivity contribution in [2.24, 2.45) is 0 Å². The molecule has 0 amide bonds. The fourth-order valence-corrected chi connectivity index (χ4v) is 5.02. The van der Waals surface area contributed by atoms with E-state index in [0.29, 0.717) is 30.1 Å². The number of hydrogen-bond acceptors (Lipinski definition) is 5. The molecule has 1 heterocycles. The number of hydrogen-bond donors (Lipinski definition) is 0. The van der Waals surface area contributed by atoms with Gasteiger partial charge in [0.15, 0.2) is 0 Å². The minimum Gasteiger partial charge on any atom is -0.490 e. The molecule has 0 bridgehead atoms. The molecular weight excluding hydrogens is 390 g/mol. The Balaban J connectivity index is 1.49. The van der Waals surface area contributed by atoms with Gasteiger partial charge in [-0.05, 0) is 66.8 Å². The first kappa shape index (κ1) is 21.2. The zero-order chi connectivity index (χ0) is 21.0. The van der Waals surface area contributed by atoms with Crippen molar-refractivity contribution in [3.05, 3.63) is 59.2 Å². The van der Waals surface area contributed by atoms with Gasteiger partial charge in [-0.2, -0.15) is 0 Å². The Morgan fingerprint density at radius 2 is 1.83 bits per heavy atom. The molecular formula is C22H27NO5S. The molecule has 2 aromatic rings. The van der Waals surface area contributed by atoms with Crippen LogP contribution in [0.4, 0.5) is 5.69 Å². The van der Waals surface area contributed by atoms with Gasteiger partial charge >= 0.3 is 5.97 Å². The molecule has 2 aromatic carbocycles. The second kappa shape index (κ2) is 8.86. The molecule has 0 radical (unpaired) electrons. The minimum atomic E-state index is -3.23. The van der Waals surface area contributed by atoms with Crippen molar-refractivity contribution in [1.82, 2.24) is 0 Å². The molecule has 0 saturated carbocycles. The SMILES string of the molecule is Cc1cc(OCCOC(=O)c2ccc(N3CCCS3(=O)=O)cc2)ccc1C(C)C. The Morgan fingerprint density at radius 1 is 1.10 bits per heavy atom.